The minimum Gasteiger partial charge on any atom is -0.508 e. The lowest BCUT2D eigenvalue weighted by Gasteiger charge is -2.36. The molecule has 0 saturated carbocycles. The van der Waals surface area contributed by atoms with Gasteiger partial charge in [-0.25, -0.2) is 9.18 Å². The molecule has 2 aromatic rings. The molecule has 2 fully saturated rings. The fraction of sp³-hybridized carbons (Fsp3) is 0.423. The summed E-state index contributed by atoms with van der Waals surface area (Å²) in [6, 6.07) is 11.6. The summed E-state index contributed by atoms with van der Waals surface area (Å²) in [7, 11) is 0. The third-order valence-corrected chi connectivity index (χ3v) is 6.46. The van der Waals surface area contributed by atoms with Crippen LogP contribution in [0.25, 0.3) is 0 Å². The number of aryl methyl sites for hydroxylation is 1. The SMILES string of the molecule is CC(=O)NCC1CN(c2ccc(N3CCN(C(=O)CCCc4ccc(O)cc4)CC3)c(F)c2)C(=O)O1. The minimum atomic E-state index is -0.574. The van der Waals surface area contributed by atoms with E-state index in [1.54, 1.807) is 24.3 Å². The molecule has 192 valence electrons. The number of benzene rings is 2. The number of rotatable bonds is 8. The number of ether oxygens (including phenoxy) is 1. The number of cyclic esters (lactones) is 1. The van der Waals surface area contributed by atoms with Crippen LogP contribution in [0.5, 0.6) is 5.75 Å². The lowest BCUT2D eigenvalue weighted by molar-refractivity contribution is -0.131. The maximum absolute atomic E-state index is 15.0. The molecular weight excluding hydrogens is 467 g/mol. The number of halogens is 1. The standard InChI is InChI=1S/C26H31FN4O5/c1-18(32)28-16-22-17-31(26(35)36-22)20-7-10-24(23(27)15-20)29-11-13-30(14-12-29)25(34)4-2-3-19-5-8-21(33)9-6-19/h5-10,15,22,33H,2-4,11-14,16-17H2,1H3,(H,28,32). The van der Waals surface area contributed by atoms with Crippen LogP contribution >= 0.6 is 0 Å². The number of carbonyl (C=O) groups is 3. The Morgan fingerprint density at radius 3 is 2.50 bits per heavy atom. The maximum Gasteiger partial charge on any atom is 0.414 e. The van der Waals surface area contributed by atoms with Gasteiger partial charge in [0, 0.05) is 39.5 Å². The van der Waals surface area contributed by atoms with Crippen molar-refractivity contribution in [2.45, 2.75) is 32.3 Å². The van der Waals surface area contributed by atoms with Crippen molar-refractivity contribution in [3.63, 3.8) is 0 Å². The zero-order valence-electron chi connectivity index (χ0n) is 20.3. The van der Waals surface area contributed by atoms with Gasteiger partial charge in [0.05, 0.1) is 24.5 Å². The molecule has 2 aliphatic rings. The van der Waals surface area contributed by atoms with Gasteiger partial charge in [0.25, 0.3) is 0 Å². The second-order valence-electron chi connectivity index (χ2n) is 9.08. The van der Waals surface area contributed by atoms with Crippen LogP contribution in [-0.2, 0) is 20.7 Å². The van der Waals surface area contributed by atoms with Gasteiger partial charge in [-0.1, -0.05) is 12.1 Å². The van der Waals surface area contributed by atoms with Crippen LogP contribution in [0.3, 0.4) is 0 Å². The van der Waals surface area contributed by atoms with Crippen LogP contribution in [0.2, 0.25) is 0 Å². The number of anilines is 2. The monoisotopic (exact) mass is 498 g/mol. The number of piperazine rings is 1. The predicted molar refractivity (Wildman–Crippen MR) is 133 cm³/mol. The normalized spacial score (nSPS) is 17.8. The third-order valence-electron chi connectivity index (χ3n) is 6.46. The first-order valence-corrected chi connectivity index (χ1v) is 12.1. The predicted octanol–water partition coefficient (Wildman–Crippen LogP) is 2.66. The van der Waals surface area contributed by atoms with Gasteiger partial charge in [-0.2, -0.15) is 0 Å². The molecule has 9 nitrogen and oxygen atoms in total. The highest BCUT2D eigenvalue weighted by molar-refractivity contribution is 5.90. The Labute approximate surface area is 209 Å². The molecule has 0 spiro atoms. The van der Waals surface area contributed by atoms with Crippen molar-refractivity contribution in [1.82, 2.24) is 10.2 Å². The Balaban J connectivity index is 1.26. The van der Waals surface area contributed by atoms with Crippen molar-refractivity contribution in [2.24, 2.45) is 0 Å². The summed E-state index contributed by atoms with van der Waals surface area (Å²) >= 11 is 0. The first-order chi connectivity index (χ1) is 17.3. The van der Waals surface area contributed by atoms with Crippen LogP contribution in [0.15, 0.2) is 42.5 Å². The van der Waals surface area contributed by atoms with Crippen molar-refractivity contribution in [3.8, 4) is 5.75 Å². The summed E-state index contributed by atoms with van der Waals surface area (Å²) in [5, 5.41) is 12.0. The second kappa shape index (κ2) is 11.3. The molecule has 0 radical (unpaired) electrons. The van der Waals surface area contributed by atoms with Crippen LogP contribution in [-0.4, -0.2) is 73.3 Å². The summed E-state index contributed by atoms with van der Waals surface area (Å²) in [5.41, 5.74) is 1.91. The highest BCUT2D eigenvalue weighted by atomic mass is 19.1. The zero-order chi connectivity index (χ0) is 25.7. The molecule has 2 aromatic carbocycles. The Hall–Kier alpha value is -3.82. The maximum atomic E-state index is 15.0. The Kier molecular flexibility index (Phi) is 7.92. The van der Waals surface area contributed by atoms with E-state index in [1.807, 2.05) is 21.9 Å². The van der Waals surface area contributed by atoms with E-state index in [0.717, 1.165) is 18.4 Å². The molecule has 2 N–H and O–H groups in total. The number of phenols is 1. The van der Waals surface area contributed by atoms with Gasteiger partial charge in [-0.15, -0.1) is 0 Å². The van der Waals surface area contributed by atoms with Gasteiger partial charge in [-0.3, -0.25) is 14.5 Å². The minimum absolute atomic E-state index is 0.0885. The highest BCUT2D eigenvalue weighted by Gasteiger charge is 2.33. The molecule has 1 unspecified atom stereocenters. The van der Waals surface area contributed by atoms with Crippen LogP contribution in [0.1, 0.15) is 25.3 Å². The Morgan fingerprint density at radius 1 is 1.11 bits per heavy atom. The van der Waals surface area contributed by atoms with Crippen molar-refractivity contribution >= 4 is 29.3 Å². The van der Waals surface area contributed by atoms with E-state index in [0.29, 0.717) is 44.0 Å². The van der Waals surface area contributed by atoms with Gasteiger partial charge in [0.15, 0.2) is 0 Å². The summed E-state index contributed by atoms with van der Waals surface area (Å²) < 4.78 is 20.3. The second-order valence-corrected chi connectivity index (χ2v) is 9.08. The molecule has 10 heteroatoms. The van der Waals surface area contributed by atoms with Gasteiger partial charge in [-0.05, 0) is 48.7 Å². The lowest BCUT2D eigenvalue weighted by atomic mass is 10.1. The van der Waals surface area contributed by atoms with E-state index in [9.17, 15) is 19.5 Å². The van der Waals surface area contributed by atoms with Crippen LogP contribution in [0, 0.1) is 5.82 Å². The lowest BCUT2D eigenvalue weighted by Crippen LogP contribution is -2.49. The van der Waals surface area contributed by atoms with Gasteiger partial charge >= 0.3 is 6.09 Å². The van der Waals surface area contributed by atoms with Crippen molar-refractivity contribution < 1.29 is 28.6 Å². The molecule has 2 saturated heterocycles. The Morgan fingerprint density at radius 2 is 1.83 bits per heavy atom. The highest BCUT2D eigenvalue weighted by Crippen LogP contribution is 2.28. The number of aromatic hydroxyl groups is 1. The molecule has 0 aromatic heterocycles. The third kappa shape index (κ3) is 6.24. The first kappa shape index (κ1) is 25.3. The largest absolute Gasteiger partial charge is 0.508 e. The first-order valence-electron chi connectivity index (χ1n) is 12.1. The number of nitrogens with zero attached hydrogens (tertiary/aromatic N) is 3. The van der Waals surface area contributed by atoms with E-state index < -0.39 is 18.0 Å². The summed E-state index contributed by atoms with van der Waals surface area (Å²) in [4.78, 5) is 41.0. The molecule has 2 heterocycles. The summed E-state index contributed by atoms with van der Waals surface area (Å²) in [5.74, 6) is -0.342. The van der Waals surface area contributed by atoms with Gasteiger partial charge in [0.2, 0.25) is 11.8 Å². The van der Waals surface area contributed by atoms with Gasteiger partial charge in [0.1, 0.15) is 17.7 Å². The molecule has 0 bridgehead atoms. The van der Waals surface area contributed by atoms with Crippen molar-refractivity contribution in [3.05, 3.63) is 53.8 Å². The average molecular weight is 499 g/mol. The van der Waals surface area contributed by atoms with Crippen molar-refractivity contribution in [1.29, 1.82) is 0 Å². The molecule has 36 heavy (non-hydrogen) atoms. The van der Waals surface area contributed by atoms with Crippen LogP contribution in [0.4, 0.5) is 20.6 Å². The molecular formula is C26H31FN4O5. The number of nitrogens with one attached hydrogen (secondary N) is 1. The van der Waals surface area contributed by atoms with Gasteiger partial charge < -0.3 is 25.0 Å². The molecule has 2 aliphatic heterocycles. The van der Waals surface area contributed by atoms with E-state index in [-0.39, 0.29) is 30.7 Å². The molecule has 0 aliphatic carbocycles. The molecule has 1 atom stereocenters. The Bertz CT molecular complexity index is 1100. The molecule has 4 rings (SSSR count). The van der Waals surface area contributed by atoms with E-state index >= 15 is 4.39 Å². The quantitative estimate of drug-likeness (QED) is 0.580. The van der Waals surface area contributed by atoms with E-state index in [4.69, 9.17) is 4.74 Å². The summed E-state index contributed by atoms with van der Waals surface area (Å²) in [6.07, 6.45) is 0.872. The number of hydrogen-bond donors (Lipinski definition) is 2. The average Bonchev–Trinajstić information content (AvgIpc) is 3.24. The smallest absolute Gasteiger partial charge is 0.414 e. The number of carbonyl (C=O) groups excluding carboxylic acids is 3. The topological polar surface area (TPSA) is 102 Å². The number of hydrogen-bond acceptors (Lipinski definition) is 6. The van der Waals surface area contributed by atoms with E-state index in [2.05, 4.69) is 5.32 Å². The fourth-order valence-corrected chi connectivity index (χ4v) is 4.48. The number of phenolic OH excluding ortho intramolecular Hbond substituents is 1. The fourth-order valence-electron chi connectivity index (χ4n) is 4.48. The summed E-state index contributed by atoms with van der Waals surface area (Å²) in [6.45, 7) is 3.89. The van der Waals surface area contributed by atoms with Crippen molar-refractivity contribution in [2.75, 3.05) is 49.1 Å². The van der Waals surface area contributed by atoms with Crippen LogP contribution < -0.4 is 15.1 Å². The zero-order valence-corrected chi connectivity index (χ0v) is 20.3. The molecule has 3 amide bonds. The van der Waals surface area contributed by atoms with E-state index in [1.165, 1.54) is 17.9 Å². The number of amides is 3.